The van der Waals surface area contributed by atoms with E-state index in [4.69, 9.17) is 23.8 Å². The van der Waals surface area contributed by atoms with E-state index >= 15 is 0 Å². The molecule has 0 saturated carbocycles. The summed E-state index contributed by atoms with van der Waals surface area (Å²) in [7, 11) is 2.01. The van der Waals surface area contributed by atoms with E-state index in [-0.39, 0.29) is 44.1 Å². The molecule has 2 heterocycles. The van der Waals surface area contributed by atoms with Gasteiger partial charge in [0.25, 0.3) is 14.5 Å². The Balaban J connectivity index is 2.29. The zero-order valence-electron chi connectivity index (χ0n) is 21.9. The van der Waals surface area contributed by atoms with E-state index in [2.05, 4.69) is 25.7 Å². The van der Waals surface area contributed by atoms with Crippen LogP contribution in [-0.2, 0) is 23.3 Å². The topological polar surface area (TPSA) is 144 Å². The summed E-state index contributed by atoms with van der Waals surface area (Å²) in [5.74, 6) is -0.422. The summed E-state index contributed by atoms with van der Waals surface area (Å²) < 4.78 is 27.1. The monoisotopic (exact) mass is 525 g/mol. The molecule has 0 amide bonds. The number of carbonyl (C=O) groups is 1. The average molecular weight is 526 g/mol. The van der Waals surface area contributed by atoms with E-state index in [1.165, 1.54) is 24.2 Å². The fraction of sp³-hybridized carbons (Fsp3) is 0.727. The second-order valence-electron chi connectivity index (χ2n) is 8.91. The number of hydrogen-bond acceptors (Lipinski definition) is 11. The Kier molecular flexibility index (Phi) is 11.8. The van der Waals surface area contributed by atoms with E-state index in [1.54, 1.807) is 19.0 Å². The van der Waals surface area contributed by atoms with Crippen LogP contribution in [0.5, 0.6) is 0 Å². The number of nitriles is 1. The van der Waals surface area contributed by atoms with Crippen molar-refractivity contribution in [2.24, 2.45) is 4.99 Å². The maximum Gasteiger partial charge on any atom is 0.354 e. The minimum atomic E-state index is -1.57. The van der Waals surface area contributed by atoms with Crippen molar-refractivity contribution in [3.8, 4) is 6.07 Å². The molecule has 0 N–H and O–H groups in total. The van der Waals surface area contributed by atoms with Crippen LogP contribution in [-0.4, -0.2) is 88.0 Å². The highest BCUT2D eigenvalue weighted by Gasteiger charge is 2.42. The third kappa shape index (κ3) is 8.87. The lowest BCUT2D eigenvalue weighted by atomic mass is 10.2. The lowest BCUT2D eigenvalue weighted by Crippen LogP contribution is -2.36. The SMILES string of the molecule is CC(=O)OCC1OC(n2cnc(N=CN(C)C)nc2=O)CC1OP(OCCC#N)N(C(C)C)C(C)C. The van der Waals surface area contributed by atoms with Crippen LogP contribution >= 0.6 is 8.53 Å². The van der Waals surface area contributed by atoms with Gasteiger partial charge in [0.05, 0.1) is 31.5 Å². The van der Waals surface area contributed by atoms with E-state index in [9.17, 15) is 9.59 Å². The molecule has 36 heavy (non-hydrogen) atoms. The van der Waals surface area contributed by atoms with Gasteiger partial charge in [0.15, 0.2) is 0 Å². The summed E-state index contributed by atoms with van der Waals surface area (Å²) in [5.41, 5.74) is -0.577. The predicted molar refractivity (Wildman–Crippen MR) is 133 cm³/mol. The van der Waals surface area contributed by atoms with Gasteiger partial charge in [-0.2, -0.15) is 10.2 Å². The molecule has 2 rings (SSSR count). The van der Waals surface area contributed by atoms with E-state index in [0.717, 1.165) is 0 Å². The highest BCUT2D eigenvalue weighted by atomic mass is 31.2. The van der Waals surface area contributed by atoms with Gasteiger partial charge in [-0.3, -0.25) is 9.36 Å². The Labute approximate surface area is 213 Å². The summed E-state index contributed by atoms with van der Waals surface area (Å²) in [6.07, 6.45) is 1.38. The normalized spacial score (nSPS) is 20.9. The number of aliphatic imine (C=N–C) groups is 1. The number of rotatable bonds is 13. The van der Waals surface area contributed by atoms with Crippen molar-refractivity contribution in [1.82, 2.24) is 24.1 Å². The maximum atomic E-state index is 12.7. The molecule has 14 heteroatoms. The van der Waals surface area contributed by atoms with Gasteiger partial charge >= 0.3 is 11.7 Å². The number of hydrogen-bond donors (Lipinski definition) is 0. The fourth-order valence-corrected chi connectivity index (χ4v) is 5.26. The van der Waals surface area contributed by atoms with Gasteiger partial charge in [-0.25, -0.2) is 19.4 Å². The second kappa shape index (κ2) is 14.3. The van der Waals surface area contributed by atoms with Crippen LogP contribution in [0.1, 0.15) is 53.7 Å². The third-order valence-electron chi connectivity index (χ3n) is 4.95. The van der Waals surface area contributed by atoms with Crippen LogP contribution in [0.4, 0.5) is 5.95 Å². The van der Waals surface area contributed by atoms with E-state index in [0.29, 0.717) is 0 Å². The third-order valence-corrected chi connectivity index (χ3v) is 7.10. The van der Waals surface area contributed by atoms with Crippen LogP contribution in [0, 0.1) is 11.3 Å². The Morgan fingerprint density at radius 3 is 2.64 bits per heavy atom. The Morgan fingerprint density at radius 1 is 1.39 bits per heavy atom. The van der Waals surface area contributed by atoms with Crippen LogP contribution in [0.15, 0.2) is 16.1 Å². The molecule has 13 nitrogen and oxygen atoms in total. The molecule has 1 fully saturated rings. The molecule has 0 radical (unpaired) electrons. The number of carbonyl (C=O) groups excluding carboxylic acids is 1. The summed E-state index contributed by atoms with van der Waals surface area (Å²) in [5, 5.41) is 8.95. The number of esters is 1. The minimum Gasteiger partial charge on any atom is -0.463 e. The van der Waals surface area contributed by atoms with E-state index < -0.39 is 38.6 Å². The lowest BCUT2D eigenvalue weighted by Gasteiger charge is -2.37. The van der Waals surface area contributed by atoms with E-state index in [1.807, 2.05) is 27.7 Å². The van der Waals surface area contributed by atoms with Gasteiger partial charge in [-0.15, -0.1) is 0 Å². The summed E-state index contributed by atoms with van der Waals surface area (Å²) in [4.78, 5) is 37.9. The standard InChI is InChI=1S/C22H36N7O6P/c1-15(2)29(16(3)4)36(33-10-8-9-23)35-18-11-20(34-19(18)12-32-17(5)30)28-14-25-21(26-22(28)31)24-13-27(6)7/h13-16,18-20H,8,10-12H2,1-7H3. The fourth-order valence-electron chi connectivity index (χ4n) is 3.50. The molecule has 0 spiro atoms. The Bertz CT molecular complexity index is 972. The predicted octanol–water partition coefficient (Wildman–Crippen LogP) is 2.37. The highest BCUT2D eigenvalue weighted by molar-refractivity contribution is 7.44. The largest absolute Gasteiger partial charge is 0.463 e. The van der Waals surface area contributed by atoms with Crippen LogP contribution in [0.3, 0.4) is 0 Å². The maximum absolute atomic E-state index is 12.7. The molecule has 1 aromatic rings. The molecule has 1 aliphatic heterocycles. The van der Waals surface area contributed by atoms with Gasteiger partial charge in [0.1, 0.15) is 25.3 Å². The molecule has 4 atom stereocenters. The Hall–Kier alpha value is -2.49. The molecule has 4 unspecified atom stereocenters. The molecular formula is C22H36N7O6P. The number of nitrogens with zero attached hydrogens (tertiary/aromatic N) is 7. The molecule has 0 aliphatic carbocycles. The van der Waals surface area contributed by atoms with Gasteiger partial charge in [0, 0.05) is 39.5 Å². The van der Waals surface area contributed by atoms with Crippen molar-refractivity contribution >= 4 is 26.8 Å². The minimum absolute atomic E-state index is 0.0335. The molecular weight excluding hydrogens is 489 g/mol. The second-order valence-corrected chi connectivity index (χ2v) is 10.3. The van der Waals surface area contributed by atoms with Crippen molar-refractivity contribution in [2.45, 2.75) is 78.0 Å². The molecule has 0 bridgehead atoms. The van der Waals surface area contributed by atoms with Gasteiger partial charge in [-0.05, 0) is 27.7 Å². The first-order chi connectivity index (χ1) is 17.0. The van der Waals surface area contributed by atoms with Crippen molar-refractivity contribution in [2.75, 3.05) is 27.3 Å². The smallest absolute Gasteiger partial charge is 0.354 e. The van der Waals surface area contributed by atoms with Crippen molar-refractivity contribution < 1.29 is 23.3 Å². The molecule has 200 valence electrons. The van der Waals surface area contributed by atoms with Crippen LogP contribution in [0.2, 0.25) is 0 Å². The van der Waals surface area contributed by atoms with Gasteiger partial charge in [-0.1, -0.05) is 0 Å². The van der Waals surface area contributed by atoms with Crippen molar-refractivity contribution in [3.63, 3.8) is 0 Å². The number of ether oxygens (including phenoxy) is 2. The first kappa shape index (κ1) is 29.7. The van der Waals surface area contributed by atoms with Gasteiger partial charge in [0.2, 0.25) is 0 Å². The highest BCUT2D eigenvalue weighted by Crippen LogP contribution is 2.49. The van der Waals surface area contributed by atoms with Crippen LogP contribution in [0.25, 0.3) is 0 Å². The van der Waals surface area contributed by atoms with Crippen LogP contribution < -0.4 is 5.69 Å². The molecule has 0 aromatic carbocycles. The quantitative estimate of drug-likeness (QED) is 0.123. The van der Waals surface area contributed by atoms with Crippen molar-refractivity contribution in [3.05, 3.63) is 16.8 Å². The average Bonchev–Trinajstić information content (AvgIpc) is 3.18. The zero-order valence-corrected chi connectivity index (χ0v) is 22.8. The summed E-state index contributed by atoms with van der Waals surface area (Å²) >= 11 is 0. The van der Waals surface area contributed by atoms with Crippen molar-refractivity contribution in [1.29, 1.82) is 5.26 Å². The number of aromatic nitrogens is 3. The zero-order chi connectivity index (χ0) is 26.8. The molecule has 1 aromatic heterocycles. The first-order valence-corrected chi connectivity index (χ1v) is 12.9. The lowest BCUT2D eigenvalue weighted by molar-refractivity contribution is -0.147. The first-order valence-electron chi connectivity index (χ1n) is 11.7. The molecule has 1 aliphatic rings. The van der Waals surface area contributed by atoms with Gasteiger partial charge < -0.3 is 23.4 Å². The molecule has 1 saturated heterocycles. The Morgan fingerprint density at radius 2 is 2.08 bits per heavy atom. The summed E-state index contributed by atoms with van der Waals surface area (Å²) in [6, 6.07) is 2.29. The summed E-state index contributed by atoms with van der Waals surface area (Å²) in [6.45, 7) is 9.61.